The largest absolute Gasteiger partial charge is 0.463 e. The van der Waals surface area contributed by atoms with Gasteiger partial charge in [-0.25, -0.2) is 14.6 Å². The molecule has 150 valence electrons. The quantitative estimate of drug-likeness (QED) is 0.479. The minimum atomic E-state index is 0.134. The highest BCUT2D eigenvalue weighted by molar-refractivity contribution is 5.84. The Morgan fingerprint density at radius 2 is 1.97 bits per heavy atom. The van der Waals surface area contributed by atoms with E-state index in [9.17, 15) is 5.26 Å². The number of furan rings is 1. The zero-order valence-corrected chi connectivity index (χ0v) is 16.6. The highest BCUT2D eigenvalue weighted by atomic mass is 16.3. The Balaban J connectivity index is 1.85. The van der Waals surface area contributed by atoms with Crippen LogP contribution in [0.15, 0.2) is 77.9 Å². The average Bonchev–Trinajstić information content (AvgIpc) is 3.54. The van der Waals surface area contributed by atoms with Gasteiger partial charge in [-0.05, 0) is 37.3 Å². The van der Waals surface area contributed by atoms with Gasteiger partial charge in [-0.15, -0.1) is 0 Å². The van der Waals surface area contributed by atoms with E-state index in [4.69, 9.17) is 15.2 Å². The second kappa shape index (κ2) is 7.31. The van der Waals surface area contributed by atoms with E-state index in [1.807, 2.05) is 58.8 Å². The molecule has 0 amide bonds. The predicted molar refractivity (Wildman–Crippen MR) is 115 cm³/mol. The van der Waals surface area contributed by atoms with Gasteiger partial charge in [-0.3, -0.25) is 4.57 Å². The number of hydrogen-bond acceptors (Lipinski definition) is 6. The Morgan fingerprint density at radius 1 is 1.13 bits per heavy atom. The minimum Gasteiger partial charge on any atom is -0.463 e. The molecule has 0 aliphatic heterocycles. The van der Waals surface area contributed by atoms with Crippen LogP contribution in [0.1, 0.15) is 11.3 Å². The molecular weight excluding hydrogens is 390 g/mol. The summed E-state index contributed by atoms with van der Waals surface area (Å²) in [6.07, 6.45) is 6.80. The molecule has 0 spiro atoms. The molecule has 0 unspecified atom stereocenters. The van der Waals surface area contributed by atoms with Crippen molar-refractivity contribution >= 4 is 5.82 Å². The van der Waals surface area contributed by atoms with E-state index in [1.165, 1.54) is 0 Å². The number of nitriles is 1. The number of para-hydroxylation sites is 1. The van der Waals surface area contributed by atoms with Crippen LogP contribution in [-0.4, -0.2) is 24.3 Å². The molecule has 8 heteroatoms. The SMILES string of the molecule is Cc1nn(-c2ccccc2)c(-n2ccnc2)c1-c1cc(-c2ccco2)nc(N)c1C#N. The van der Waals surface area contributed by atoms with E-state index in [0.29, 0.717) is 17.0 Å². The van der Waals surface area contributed by atoms with Crippen molar-refractivity contribution in [2.45, 2.75) is 6.92 Å². The molecular formula is C23H17N7O. The molecule has 8 nitrogen and oxygen atoms in total. The summed E-state index contributed by atoms with van der Waals surface area (Å²) in [6, 6.07) is 17.4. The summed E-state index contributed by atoms with van der Waals surface area (Å²) in [7, 11) is 0. The molecule has 2 N–H and O–H groups in total. The highest BCUT2D eigenvalue weighted by Gasteiger charge is 2.24. The molecule has 0 aliphatic rings. The number of nitrogens with zero attached hydrogens (tertiary/aromatic N) is 6. The lowest BCUT2D eigenvalue weighted by atomic mass is 9.99. The van der Waals surface area contributed by atoms with Crippen LogP contribution in [0.2, 0.25) is 0 Å². The normalized spacial score (nSPS) is 10.8. The molecule has 31 heavy (non-hydrogen) atoms. The van der Waals surface area contributed by atoms with Gasteiger partial charge in [0, 0.05) is 23.5 Å². The van der Waals surface area contributed by atoms with Gasteiger partial charge in [0.1, 0.15) is 35.3 Å². The Morgan fingerprint density at radius 3 is 2.65 bits per heavy atom. The first-order chi connectivity index (χ1) is 15.2. The molecule has 0 atom stereocenters. The summed E-state index contributed by atoms with van der Waals surface area (Å²) < 4.78 is 9.21. The van der Waals surface area contributed by atoms with Crippen molar-refractivity contribution in [3.63, 3.8) is 0 Å². The zero-order valence-electron chi connectivity index (χ0n) is 16.6. The number of aromatic nitrogens is 5. The van der Waals surface area contributed by atoms with E-state index in [0.717, 1.165) is 22.8 Å². The van der Waals surface area contributed by atoms with E-state index >= 15 is 0 Å². The van der Waals surface area contributed by atoms with Crippen LogP contribution in [0, 0.1) is 18.3 Å². The molecule has 0 bridgehead atoms. The van der Waals surface area contributed by atoms with Gasteiger partial charge >= 0.3 is 0 Å². The van der Waals surface area contributed by atoms with Crippen molar-refractivity contribution in [2.24, 2.45) is 0 Å². The number of nitrogen functional groups attached to an aromatic ring is 1. The second-order valence-corrected chi connectivity index (χ2v) is 6.91. The first-order valence-corrected chi connectivity index (χ1v) is 9.55. The van der Waals surface area contributed by atoms with Crippen molar-refractivity contribution in [3.05, 3.63) is 84.8 Å². The first kappa shape index (κ1) is 18.4. The summed E-state index contributed by atoms with van der Waals surface area (Å²) in [5, 5.41) is 14.7. The third-order valence-electron chi connectivity index (χ3n) is 4.99. The molecule has 0 saturated heterocycles. The fourth-order valence-corrected chi connectivity index (χ4v) is 3.63. The molecule has 4 heterocycles. The zero-order chi connectivity index (χ0) is 21.4. The molecule has 4 aromatic heterocycles. The van der Waals surface area contributed by atoms with Gasteiger partial charge in [0.25, 0.3) is 0 Å². The first-order valence-electron chi connectivity index (χ1n) is 9.55. The number of nitrogens with two attached hydrogens (primary N) is 1. The van der Waals surface area contributed by atoms with Gasteiger partial charge in [0.15, 0.2) is 5.76 Å². The Labute approximate surface area is 177 Å². The summed E-state index contributed by atoms with van der Waals surface area (Å²) in [4.78, 5) is 8.58. The maximum absolute atomic E-state index is 9.88. The molecule has 5 aromatic rings. The van der Waals surface area contributed by atoms with Gasteiger partial charge in [0.2, 0.25) is 0 Å². The molecule has 0 saturated carbocycles. The summed E-state index contributed by atoms with van der Waals surface area (Å²) in [5.41, 5.74) is 10.0. The molecule has 0 aliphatic carbocycles. The van der Waals surface area contributed by atoms with E-state index < -0.39 is 0 Å². The van der Waals surface area contributed by atoms with E-state index in [2.05, 4.69) is 16.0 Å². The van der Waals surface area contributed by atoms with Crippen molar-refractivity contribution < 1.29 is 4.42 Å². The molecule has 1 aromatic carbocycles. The summed E-state index contributed by atoms with van der Waals surface area (Å²) in [5.74, 6) is 1.44. The second-order valence-electron chi connectivity index (χ2n) is 6.91. The number of benzene rings is 1. The monoisotopic (exact) mass is 407 g/mol. The van der Waals surface area contributed by atoms with Gasteiger partial charge < -0.3 is 10.2 Å². The van der Waals surface area contributed by atoms with Crippen LogP contribution in [0.3, 0.4) is 0 Å². The number of hydrogen-bond donors (Lipinski definition) is 1. The Bertz CT molecular complexity index is 1390. The van der Waals surface area contributed by atoms with Crippen molar-refractivity contribution in [1.29, 1.82) is 5.26 Å². The van der Waals surface area contributed by atoms with Crippen LogP contribution in [0.4, 0.5) is 5.82 Å². The highest BCUT2D eigenvalue weighted by Crippen LogP contribution is 2.37. The van der Waals surface area contributed by atoms with Crippen LogP contribution in [0.25, 0.3) is 34.1 Å². The minimum absolute atomic E-state index is 0.134. The lowest BCUT2D eigenvalue weighted by Gasteiger charge is -2.13. The molecule has 0 radical (unpaired) electrons. The van der Waals surface area contributed by atoms with Crippen molar-refractivity contribution in [2.75, 3.05) is 5.73 Å². The summed E-state index contributed by atoms with van der Waals surface area (Å²) in [6.45, 7) is 1.90. The maximum atomic E-state index is 9.88. The number of aryl methyl sites for hydroxylation is 1. The molecule has 0 fully saturated rings. The van der Waals surface area contributed by atoms with E-state index in [-0.39, 0.29) is 11.4 Å². The smallest absolute Gasteiger partial charge is 0.152 e. The number of rotatable bonds is 4. The lowest BCUT2D eigenvalue weighted by Crippen LogP contribution is -2.06. The van der Waals surface area contributed by atoms with Crippen molar-refractivity contribution in [3.8, 4) is 40.2 Å². The summed E-state index contributed by atoms with van der Waals surface area (Å²) >= 11 is 0. The topological polar surface area (TPSA) is 111 Å². The fraction of sp³-hybridized carbons (Fsp3) is 0.0435. The van der Waals surface area contributed by atoms with Crippen molar-refractivity contribution in [1.82, 2.24) is 24.3 Å². The van der Waals surface area contributed by atoms with Gasteiger partial charge in [-0.1, -0.05) is 18.2 Å². The third kappa shape index (κ3) is 3.05. The van der Waals surface area contributed by atoms with Crippen LogP contribution >= 0.6 is 0 Å². The lowest BCUT2D eigenvalue weighted by molar-refractivity contribution is 0.580. The number of imidazole rings is 1. The third-order valence-corrected chi connectivity index (χ3v) is 4.99. The van der Waals surface area contributed by atoms with Gasteiger partial charge in [0.05, 0.1) is 17.6 Å². The van der Waals surface area contributed by atoms with Gasteiger partial charge in [-0.2, -0.15) is 10.4 Å². The fourth-order valence-electron chi connectivity index (χ4n) is 3.63. The standard InChI is InChI=1S/C23H17N7O/c1-15-21(17-12-19(20-8-5-11-31-20)27-22(25)18(17)13-24)23(29-10-9-26-14-29)30(28-15)16-6-3-2-4-7-16/h2-12,14H,1H3,(H2,25,27). The van der Waals surface area contributed by atoms with Crippen LogP contribution < -0.4 is 5.73 Å². The Hall–Kier alpha value is -4.64. The number of pyridine rings is 1. The van der Waals surface area contributed by atoms with Crippen LogP contribution in [-0.2, 0) is 0 Å². The Kier molecular flexibility index (Phi) is 4.34. The van der Waals surface area contributed by atoms with Crippen LogP contribution in [0.5, 0.6) is 0 Å². The maximum Gasteiger partial charge on any atom is 0.152 e. The average molecular weight is 407 g/mol. The van der Waals surface area contributed by atoms with E-state index in [1.54, 1.807) is 30.9 Å². The predicted octanol–water partition coefficient (Wildman–Crippen LogP) is 4.14. The number of anilines is 1. The molecule has 5 rings (SSSR count).